The Morgan fingerprint density at radius 2 is 2.00 bits per heavy atom. The number of rotatable bonds is 4. The van der Waals surface area contributed by atoms with E-state index in [0.717, 1.165) is 11.3 Å². The summed E-state index contributed by atoms with van der Waals surface area (Å²) < 4.78 is 5.67. The van der Waals surface area contributed by atoms with E-state index in [1.54, 1.807) is 0 Å². The van der Waals surface area contributed by atoms with Gasteiger partial charge in [0.15, 0.2) is 0 Å². The molecule has 1 rings (SSSR count). The van der Waals surface area contributed by atoms with Crippen LogP contribution in [-0.4, -0.2) is 13.2 Å². The van der Waals surface area contributed by atoms with Gasteiger partial charge in [0.2, 0.25) is 0 Å². The molecule has 0 unspecified atom stereocenters. The molecule has 0 saturated carbocycles. The number of benzene rings is 1. The Bertz CT molecular complexity index is 369. The zero-order valence-electron chi connectivity index (χ0n) is 9.76. The first-order chi connectivity index (χ1) is 7.04. The van der Waals surface area contributed by atoms with Crippen LogP contribution in [0.3, 0.4) is 0 Å². The Balaban J connectivity index is 2.81. The highest BCUT2D eigenvalue weighted by Gasteiger charge is 2.04. The Morgan fingerprint density at radius 3 is 2.60 bits per heavy atom. The Morgan fingerprint density at radius 1 is 1.33 bits per heavy atom. The van der Waals surface area contributed by atoms with Crippen molar-refractivity contribution in [1.29, 1.82) is 0 Å². The molecule has 0 fully saturated rings. The molecule has 1 aromatic rings. The maximum atomic E-state index is 5.67. The molecule has 0 aliphatic carbocycles. The normalized spacial score (nSPS) is 10.1. The van der Waals surface area contributed by atoms with Gasteiger partial charge < -0.3 is 10.5 Å². The lowest BCUT2D eigenvalue weighted by atomic mass is 10.1. The highest BCUT2D eigenvalue weighted by molar-refractivity contribution is 5.42. The quantitative estimate of drug-likeness (QED) is 0.766. The van der Waals surface area contributed by atoms with Gasteiger partial charge in [-0.3, -0.25) is 0 Å². The molecule has 15 heavy (non-hydrogen) atoms. The van der Waals surface area contributed by atoms with E-state index in [1.165, 1.54) is 16.7 Å². The monoisotopic (exact) mass is 205 g/mol. The van der Waals surface area contributed by atoms with Gasteiger partial charge in [-0.2, -0.15) is 0 Å². The molecule has 1 aromatic carbocycles. The van der Waals surface area contributed by atoms with E-state index >= 15 is 0 Å². The summed E-state index contributed by atoms with van der Waals surface area (Å²) in [5.74, 6) is 0.932. The summed E-state index contributed by atoms with van der Waals surface area (Å²) in [5.41, 5.74) is 10.0. The van der Waals surface area contributed by atoms with Crippen LogP contribution in [0.15, 0.2) is 24.3 Å². The summed E-state index contributed by atoms with van der Waals surface area (Å²) in [6, 6.07) is 4.20. The first-order valence-corrected chi connectivity index (χ1v) is 5.12. The van der Waals surface area contributed by atoms with Crippen molar-refractivity contribution >= 4 is 0 Å². The lowest BCUT2D eigenvalue weighted by molar-refractivity contribution is 0.348. The molecule has 82 valence electrons. The van der Waals surface area contributed by atoms with Gasteiger partial charge in [-0.25, -0.2) is 0 Å². The smallest absolute Gasteiger partial charge is 0.123 e. The van der Waals surface area contributed by atoms with E-state index in [0.29, 0.717) is 13.2 Å². The topological polar surface area (TPSA) is 35.2 Å². The van der Waals surface area contributed by atoms with Crippen LogP contribution in [0.2, 0.25) is 0 Å². The SMILES string of the molecule is C=C(CN)COc1cc(C)cc(C)c1C. The number of hydrogen-bond acceptors (Lipinski definition) is 2. The van der Waals surface area contributed by atoms with Gasteiger partial charge in [0.05, 0.1) is 0 Å². The average Bonchev–Trinajstić information content (AvgIpc) is 2.20. The van der Waals surface area contributed by atoms with Gasteiger partial charge in [-0.15, -0.1) is 0 Å². The van der Waals surface area contributed by atoms with E-state index in [9.17, 15) is 0 Å². The molecular formula is C13H19NO. The van der Waals surface area contributed by atoms with Gasteiger partial charge in [-0.1, -0.05) is 12.6 Å². The third-order valence-corrected chi connectivity index (χ3v) is 2.48. The first kappa shape index (κ1) is 11.8. The second-order valence-corrected chi connectivity index (χ2v) is 3.95. The molecular weight excluding hydrogens is 186 g/mol. The summed E-state index contributed by atoms with van der Waals surface area (Å²) in [4.78, 5) is 0. The maximum absolute atomic E-state index is 5.67. The fraction of sp³-hybridized carbons (Fsp3) is 0.385. The summed E-state index contributed by atoms with van der Waals surface area (Å²) in [5, 5.41) is 0. The molecule has 2 nitrogen and oxygen atoms in total. The highest BCUT2D eigenvalue weighted by atomic mass is 16.5. The summed E-state index contributed by atoms with van der Waals surface area (Å²) in [7, 11) is 0. The standard InChI is InChI=1S/C13H19NO/c1-9-5-11(3)12(4)13(6-9)15-8-10(2)7-14/h5-6H,2,7-8,14H2,1,3-4H3. The second kappa shape index (κ2) is 4.99. The average molecular weight is 205 g/mol. The van der Waals surface area contributed by atoms with Crippen LogP contribution in [0, 0.1) is 20.8 Å². The number of hydrogen-bond donors (Lipinski definition) is 1. The van der Waals surface area contributed by atoms with Crippen LogP contribution in [0.4, 0.5) is 0 Å². The molecule has 0 aliphatic rings. The van der Waals surface area contributed by atoms with Crippen molar-refractivity contribution in [3.8, 4) is 5.75 Å². The van der Waals surface area contributed by atoms with Crippen LogP contribution in [-0.2, 0) is 0 Å². The van der Waals surface area contributed by atoms with Crippen molar-refractivity contribution in [2.75, 3.05) is 13.2 Å². The Labute approximate surface area is 91.7 Å². The molecule has 0 radical (unpaired) electrons. The zero-order valence-corrected chi connectivity index (χ0v) is 9.76. The van der Waals surface area contributed by atoms with Gasteiger partial charge in [0, 0.05) is 6.54 Å². The molecule has 0 atom stereocenters. The van der Waals surface area contributed by atoms with Gasteiger partial charge in [-0.05, 0) is 49.1 Å². The zero-order chi connectivity index (χ0) is 11.4. The maximum Gasteiger partial charge on any atom is 0.123 e. The Hall–Kier alpha value is -1.28. The van der Waals surface area contributed by atoms with E-state index in [2.05, 4.69) is 33.4 Å². The minimum absolute atomic E-state index is 0.476. The largest absolute Gasteiger partial charge is 0.489 e. The van der Waals surface area contributed by atoms with E-state index in [4.69, 9.17) is 10.5 Å². The molecule has 2 heteroatoms. The van der Waals surface area contributed by atoms with E-state index in [1.807, 2.05) is 6.07 Å². The fourth-order valence-corrected chi connectivity index (χ4v) is 1.39. The third kappa shape index (κ3) is 3.10. The molecule has 2 N–H and O–H groups in total. The van der Waals surface area contributed by atoms with Crippen molar-refractivity contribution in [3.63, 3.8) is 0 Å². The summed E-state index contributed by atoms with van der Waals surface area (Å²) in [6.45, 7) is 11.0. The minimum Gasteiger partial charge on any atom is -0.489 e. The number of ether oxygens (including phenoxy) is 1. The molecule has 0 spiro atoms. The van der Waals surface area contributed by atoms with Gasteiger partial charge in [0.1, 0.15) is 12.4 Å². The van der Waals surface area contributed by atoms with Crippen molar-refractivity contribution in [1.82, 2.24) is 0 Å². The van der Waals surface area contributed by atoms with Crippen LogP contribution >= 0.6 is 0 Å². The first-order valence-electron chi connectivity index (χ1n) is 5.12. The van der Waals surface area contributed by atoms with Crippen LogP contribution in [0.25, 0.3) is 0 Å². The number of nitrogens with two attached hydrogens (primary N) is 1. The van der Waals surface area contributed by atoms with Crippen molar-refractivity contribution in [3.05, 3.63) is 41.0 Å². The minimum atomic E-state index is 0.476. The highest BCUT2D eigenvalue weighted by Crippen LogP contribution is 2.23. The summed E-state index contributed by atoms with van der Waals surface area (Å²) >= 11 is 0. The molecule has 0 heterocycles. The van der Waals surface area contributed by atoms with E-state index in [-0.39, 0.29) is 0 Å². The van der Waals surface area contributed by atoms with Gasteiger partial charge >= 0.3 is 0 Å². The van der Waals surface area contributed by atoms with Crippen LogP contribution < -0.4 is 10.5 Å². The second-order valence-electron chi connectivity index (χ2n) is 3.95. The van der Waals surface area contributed by atoms with Crippen molar-refractivity contribution in [2.45, 2.75) is 20.8 Å². The van der Waals surface area contributed by atoms with Crippen LogP contribution in [0.5, 0.6) is 5.75 Å². The predicted molar refractivity (Wildman–Crippen MR) is 64.3 cm³/mol. The van der Waals surface area contributed by atoms with E-state index < -0.39 is 0 Å². The molecule has 0 amide bonds. The molecule has 0 aliphatic heterocycles. The number of aryl methyl sites for hydroxylation is 2. The van der Waals surface area contributed by atoms with Gasteiger partial charge in [0.25, 0.3) is 0 Å². The molecule has 0 aromatic heterocycles. The fourth-order valence-electron chi connectivity index (χ4n) is 1.39. The van der Waals surface area contributed by atoms with Crippen molar-refractivity contribution in [2.24, 2.45) is 5.73 Å². The summed E-state index contributed by atoms with van der Waals surface area (Å²) in [6.07, 6.45) is 0. The lowest BCUT2D eigenvalue weighted by Gasteiger charge is -2.12. The third-order valence-electron chi connectivity index (χ3n) is 2.48. The molecule has 0 saturated heterocycles. The Kier molecular flexibility index (Phi) is 3.92. The van der Waals surface area contributed by atoms with Crippen molar-refractivity contribution < 1.29 is 4.74 Å². The van der Waals surface area contributed by atoms with Crippen LogP contribution in [0.1, 0.15) is 16.7 Å². The lowest BCUT2D eigenvalue weighted by Crippen LogP contribution is -2.10. The molecule has 0 bridgehead atoms. The predicted octanol–water partition coefficient (Wildman–Crippen LogP) is 2.51.